The Labute approximate surface area is 120 Å². The van der Waals surface area contributed by atoms with E-state index in [0.29, 0.717) is 12.1 Å². The second-order valence-electron chi connectivity index (χ2n) is 4.91. The Morgan fingerprint density at radius 2 is 1.10 bits per heavy atom. The van der Waals surface area contributed by atoms with Gasteiger partial charge < -0.3 is 10.6 Å². The minimum atomic E-state index is 0.344. The van der Waals surface area contributed by atoms with Gasteiger partial charge in [0.25, 0.3) is 0 Å². The molecule has 106 valence electrons. The normalized spacial score (nSPS) is 13.9. The van der Waals surface area contributed by atoms with Gasteiger partial charge in [0.2, 0.25) is 0 Å². The molecule has 0 aliphatic rings. The van der Waals surface area contributed by atoms with Gasteiger partial charge in [-0.25, -0.2) is 0 Å². The summed E-state index contributed by atoms with van der Waals surface area (Å²) in [6.45, 7) is 6.20. The van der Waals surface area contributed by atoms with Crippen LogP contribution in [0.25, 0.3) is 0 Å². The highest BCUT2D eigenvalue weighted by Gasteiger charge is 2.05. The first kappa shape index (κ1) is 14.6. The van der Waals surface area contributed by atoms with Crippen LogP contribution in [-0.4, -0.2) is 23.1 Å². The smallest absolute Gasteiger partial charge is 0.0293 e. The predicted octanol–water partition coefficient (Wildman–Crippen LogP) is 2.48. The van der Waals surface area contributed by atoms with Crippen LogP contribution in [0.5, 0.6) is 0 Å². The highest BCUT2D eigenvalue weighted by atomic mass is 15.0. The van der Waals surface area contributed by atoms with E-state index < -0.39 is 0 Å². The summed E-state index contributed by atoms with van der Waals surface area (Å²) < 4.78 is 0. The molecule has 0 aliphatic carbocycles. The molecule has 2 N–H and O–H groups in total. The van der Waals surface area contributed by atoms with Crippen molar-refractivity contribution in [1.29, 1.82) is 0 Å². The third kappa shape index (κ3) is 4.40. The van der Waals surface area contributed by atoms with Gasteiger partial charge in [0.15, 0.2) is 0 Å². The van der Waals surface area contributed by atoms with E-state index in [2.05, 4.69) is 34.4 Å². The molecule has 2 rings (SSSR count). The maximum absolute atomic E-state index is 4.04. The number of rotatable bonds is 7. The Hall–Kier alpha value is -1.78. The molecule has 0 amide bonds. The van der Waals surface area contributed by atoms with Gasteiger partial charge in [-0.05, 0) is 49.2 Å². The molecule has 0 aromatic carbocycles. The summed E-state index contributed by atoms with van der Waals surface area (Å²) in [5.41, 5.74) is 2.53. The average molecular weight is 270 g/mol. The average Bonchev–Trinajstić information content (AvgIpc) is 2.53. The summed E-state index contributed by atoms with van der Waals surface area (Å²) in [7, 11) is 0. The molecule has 20 heavy (non-hydrogen) atoms. The fourth-order valence-corrected chi connectivity index (χ4v) is 2.12. The lowest BCUT2D eigenvalue weighted by Gasteiger charge is -2.17. The van der Waals surface area contributed by atoms with Crippen molar-refractivity contribution in [3.8, 4) is 0 Å². The SMILES string of the molecule is C[C@H](NCCN[C@@H](C)c1ccncc1)c1ccncc1. The second-order valence-corrected chi connectivity index (χ2v) is 4.91. The van der Waals surface area contributed by atoms with Gasteiger partial charge >= 0.3 is 0 Å². The van der Waals surface area contributed by atoms with Crippen molar-refractivity contribution in [2.45, 2.75) is 25.9 Å². The number of hydrogen-bond donors (Lipinski definition) is 2. The fourth-order valence-electron chi connectivity index (χ4n) is 2.12. The summed E-state index contributed by atoms with van der Waals surface area (Å²) in [5, 5.41) is 7.01. The zero-order chi connectivity index (χ0) is 14.2. The molecule has 0 unspecified atom stereocenters. The van der Waals surface area contributed by atoms with E-state index in [1.165, 1.54) is 11.1 Å². The molecule has 2 aromatic rings. The molecule has 2 aromatic heterocycles. The summed E-state index contributed by atoms with van der Waals surface area (Å²) in [4.78, 5) is 8.07. The van der Waals surface area contributed by atoms with Crippen molar-refractivity contribution in [2.24, 2.45) is 0 Å². The monoisotopic (exact) mass is 270 g/mol. The van der Waals surface area contributed by atoms with E-state index in [9.17, 15) is 0 Å². The third-order valence-corrected chi connectivity index (χ3v) is 3.44. The van der Waals surface area contributed by atoms with Crippen molar-refractivity contribution >= 4 is 0 Å². The molecule has 4 nitrogen and oxygen atoms in total. The molecule has 2 atom stereocenters. The molecular formula is C16H22N4. The molecule has 2 heterocycles. The van der Waals surface area contributed by atoms with Crippen LogP contribution in [0.1, 0.15) is 37.1 Å². The molecule has 0 radical (unpaired) electrons. The van der Waals surface area contributed by atoms with Gasteiger partial charge in [-0.15, -0.1) is 0 Å². The number of nitrogens with zero attached hydrogens (tertiary/aromatic N) is 2. The number of aromatic nitrogens is 2. The molecule has 0 fully saturated rings. The first-order valence-electron chi connectivity index (χ1n) is 7.04. The Kier molecular flexibility index (Phi) is 5.65. The van der Waals surface area contributed by atoms with E-state index in [1.54, 1.807) is 0 Å². The van der Waals surface area contributed by atoms with Gasteiger partial charge in [0, 0.05) is 50.0 Å². The van der Waals surface area contributed by atoms with E-state index in [0.717, 1.165) is 13.1 Å². The Balaban J connectivity index is 1.69. The van der Waals surface area contributed by atoms with Crippen molar-refractivity contribution < 1.29 is 0 Å². The maximum Gasteiger partial charge on any atom is 0.0293 e. The Bertz CT molecular complexity index is 439. The first-order chi connectivity index (χ1) is 9.77. The predicted molar refractivity (Wildman–Crippen MR) is 81.3 cm³/mol. The van der Waals surface area contributed by atoms with Crippen LogP contribution in [-0.2, 0) is 0 Å². The lowest BCUT2D eigenvalue weighted by atomic mass is 10.1. The minimum absolute atomic E-state index is 0.344. The van der Waals surface area contributed by atoms with Crippen LogP contribution in [0.15, 0.2) is 49.1 Å². The molecule has 0 spiro atoms. The highest BCUT2D eigenvalue weighted by molar-refractivity contribution is 5.14. The quantitative estimate of drug-likeness (QED) is 0.759. The topological polar surface area (TPSA) is 49.8 Å². The molecule has 4 heteroatoms. The van der Waals surface area contributed by atoms with Crippen LogP contribution in [0, 0.1) is 0 Å². The van der Waals surface area contributed by atoms with Crippen LogP contribution in [0.4, 0.5) is 0 Å². The minimum Gasteiger partial charge on any atom is -0.309 e. The molecule has 0 saturated heterocycles. The zero-order valence-electron chi connectivity index (χ0n) is 12.1. The van der Waals surface area contributed by atoms with Crippen molar-refractivity contribution in [2.75, 3.05) is 13.1 Å². The Morgan fingerprint density at radius 1 is 0.750 bits per heavy atom. The highest BCUT2D eigenvalue weighted by Crippen LogP contribution is 2.10. The van der Waals surface area contributed by atoms with Gasteiger partial charge in [0.05, 0.1) is 0 Å². The van der Waals surface area contributed by atoms with Gasteiger partial charge in [-0.3, -0.25) is 9.97 Å². The van der Waals surface area contributed by atoms with Gasteiger partial charge in [-0.1, -0.05) is 0 Å². The Morgan fingerprint density at radius 3 is 1.45 bits per heavy atom. The van der Waals surface area contributed by atoms with Crippen molar-refractivity contribution in [3.05, 3.63) is 60.2 Å². The van der Waals surface area contributed by atoms with Crippen LogP contribution in [0.3, 0.4) is 0 Å². The van der Waals surface area contributed by atoms with E-state index in [1.807, 2.05) is 49.1 Å². The molecular weight excluding hydrogens is 248 g/mol. The number of nitrogens with one attached hydrogen (secondary N) is 2. The first-order valence-corrected chi connectivity index (χ1v) is 7.04. The van der Waals surface area contributed by atoms with Crippen molar-refractivity contribution in [1.82, 2.24) is 20.6 Å². The van der Waals surface area contributed by atoms with E-state index in [4.69, 9.17) is 0 Å². The zero-order valence-corrected chi connectivity index (χ0v) is 12.1. The molecule has 0 bridgehead atoms. The summed E-state index contributed by atoms with van der Waals surface area (Å²) in [6.07, 6.45) is 7.32. The van der Waals surface area contributed by atoms with Crippen molar-refractivity contribution in [3.63, 3.8) is 0 Å². The summed E-state index contributed by atoms with van der Waals surface area (Å²) >= 11 is 0. The van der Waals surface area contributed by atoms with E-state index in [-0.39, 0.29) is 0 Å². The van der Waals surface area contributed by atoms with E-state index >= 15 is 0 Å². The van der Waals surface area contributed by atoms with Crippen LogP contribution in [0.2, 0.25) is 0 Å². The standard InChI is InChI=1S/C16H22N4/c1-13(15-3-7-17-8-4-15)19-11-12-20-14(2)16-5-9-18-10-6-16/h3-10,13-14,19-20H,11-12H2,1-2H3/t13-,14-/m0/s1. The largest absolute Gasteiger partial charge is 0.309 e. The summed E-state index contributed by atoms with van der Waals surface area (Å²) in [5.74, 6) is 0. The second kappa shape index (κ2) is 7.72. The van der Waals surface area contributed by atoms with Gasteiger partial charge in [0.1, 0.15) is 0 Å². The lowest BCUT2D eigenvalue weighted by Crippen LogP contribution is -2.30. The van der Waals surface area contributed by atoms with Crippen LogP contribution < -0.4 is 10.6 Å². The summed E-state index contributed by atoms with van der Waals surface area (Å²) in [6, 6.07) is 8.87. The number of pyridine rings is 2. The maximum atomic E-state index is 4.04. The van der Waals surface area contributed by atoms with Crippen LogP contribution >= 0.6 is 0 Å². The molecule has 0 saturated carbocycles. The fraction of sp³-hybridized carbons (Fsp3) is 0.375. The van der Waals surface area contributed by atoms with Gasteiger partial charge in [-0.2, -0.15) is 0 Å². The number of hydrogen-bond acceptors (Lipinski definition) is 4. The third-order valence-electron chi connectivity index (χ3n) is 3.44. The lowest BCUT2D eigenvalue weighted by molar-refractivity contribution is 0.511. The molecule has 0 aliphatic heterocycles.